The Balaban J connectivity index is 4.50. The number of thiocarbonyl (C=S) groups is 1. The molecule has 0 aromatic heterocycles. The Labute approximate surface area is 109 Å². The van der Waals surface area contributed by atoms with Gasteiger partial charge in [0.15, 0.2) is 0 Å². The normalized spacial score (nSPS) is 14.4. The van der Waals surface area contributed by atoms with Gasteiger partial charge in [0.1, 0.15) is 0 Å². The third kappa shape index (κ3) is 5.98. The number of carbonyl (C=O) groups is 1. The van der Waals surface area contributed by atoms with Crippen LogP contribution in [0.2, 0.25) is 0 Å². The Morgan fingerprint density at radius 3 is 2.41 bits per heavy atom. The number of hydrogen-bond donors (Lipinski definition) is 2. The predicted octanol–water partition coefficient (Wildman–Crippen LogP) is 1.48. The van der Waals surface area contributed by atoms with Gasteiger partial charge in [-0.05, 0) is 12.3 Å². The summed E-state index contributed by atoms with van der Waals surface area (Å²) in [5.41, 5.74) is 5.60. The van der Waals surface area contributed by atoms with E-state index in [1.165, 1.54) is 0 Å². The van der Waals surface area contributed by atoms with E-state index in [2.05, 4.69) is 12.2 Å². The molecule has 2 unspecified atom stereocenters. The lowest BCUT2D eigenvalue weighted by molar-refractivity contribution is -0.125. The molecule has 100 valence electrons. The van der Waals surface area contributed by atoms with Crippen molar-refractivity contribution < 1.29 is 9.53 Å². The average Bonchev–Trinajstić information content (AvgIpc) is 2.16. The highest BCUT2D eigenvalue weighted by Crippen LogP contribution is 2.12. The fourth-order valence-corrected chi connectivity index (χ4v) is 2.18. The second kappa shape index (κ2) is 8.42. The monoisotopic (exact) mass is 260 g/mol. The smallest absolute Gasteiger partial charge is 0.230 e. The van der Waals surface area contributed by atoms with E-state index in [4.69, 9.17) is 22.7 Å². The maximum absolute atomic E-state index is 12.1. The zero-order chi connectivity index (χ0) is 13.4. The number of nitrogens with one attached hydrogen (secondary N) is 1. The molecule has 0 aromatic rings. The number of amides is 1. The second-order valence-electron chi connectivity index (χ2n) is 4.57. The Kier molecular flexibility index (Phi) is 8.08. The van der Waals surface area contributed by atoms with Crippen LogP contribution in [0.1, 0.15) is 33.6 Å². The molecule has 0 saturated carbocycles. The number of ether oxygens (including phenoxy) is 1. The van der Waals surface area contributed by atoms with Crippen molar-refractivity contribution in [3.05, 3.63) is 0 Å². The number of hydrogen-bond acceptors (Lipinski definition) is 3. The molecule has 0 radical (unpaired) electrons. The molecule has 0 aliphatic heterocycles. The van der Waals surface area contributed by atoms with Gasteiger partial charge in [0.05, 0.1) is 23.6 Å². The van der Waals surface area contributed by atoms with E-state index < -0.39 is 5.92 Å². The molecule has 0 rings (SSSR count). The minimum atomic E-state index is -0.402. The topological polar surface area (TPSA) is 64.3 Å². The van der Waals surface area contributed by atoms with Gasteiger partial charge >= 0.3 is 0 Å². The van der Waals surface area contributed by atoms with Crippen LogP contribution in [-0.2, 0) is 9.53 Å². The first-order valence-electron chi connectivity index (χ1n) is 6.02. The Morgan fingerprint density at radius 1 is 1.47 bits per heavy atom. The van der Waals surface area contributed by atoms with Crippen molar-refractivity contribution in [1.82, 2.24) is 5.32 Å². The Bertz CT molecular complexity index is 251. The summed E-state index contributed by atoms with van der Waals surface area (Å²) in [6.45, 7) is 6.47. The molecule has 0 aromatic carbocycles. The molecule has 0 bridgehead atoms. The van der Waals surface area contributed by atoms with Gasteiger partial charge < -0.3 is 15.8 Å². The molecule has 1 amide bonds. The maximum Gasteiger partial charge on any atom is 0.230 e. The van der Waals surface area contributed by atoms with Gasteiger partial charge in [-0.1, -0.05) is 39.4 Å². The summed E-state index contributed by atoms with van der Waals surface area (Å²) in [6, 6.07) is 0.0353. The third-order valence-corrected chi connectivity index (χ3v) is 2.86. The molecular weight excluding hydrogens is 236 g/mol. The summed E-state index contributed by atoms with van der Waals surface area (Å²) in [4.78, 5) is 12.3. The van der Waals surface area contributed by atoms with Crippen LogP contribution in [0.15, 0.2) is 0 Å². The highest BCUT2D eigenvalue weighted by molar-refractivity contribution is 7.80. The van der Waals surface area contributed by atoms with Crippen molar-refractivity contribution in [3.8, 4) is 0 Å². The van der Waals surface area contributed by atoms with Crippen LogP contribution in [0.25, 0.3) is 0 Å². The zero-order valence-electron chi connectivity index (χ0n) is 11.2. The van der Waals surface area contributed by atoms with E-state index in [1.54, 1.807) is 7.11 Å². The standard InChI is InChI=1S/C12H24N2O2S/c1-5-6-9(7-16-4)14-12(15)10(8(2)3)11(13)17/h8-10H,5-7H2,1-4H3,(H2,13,17)(H,14,15). The SMILES string of the molecule is CCCC(COC)NC(=O)C(C(N)=S)C(C)C. The quantitative estimate of drug-likeness (QED) is 0.649. The molecule has 0 aliphatic rings. The molecule has 2 atom stereocenters. The van der Waals surface area contributed by atoms with E-state index >= 15 is 0 Å². The lowest BCUT2D eigenvalue weighted by Gasteiger charge is -2.23. The molecule has 0 heterocycles. The predicted molar refractivity (Wildman–Crippen MR) is 73.8 cm³/mol. The van der Waals surface area contributed by atoms with E-state index in [0.717, 1.165) is 12.8 Å². The van der Waals surface area contributed by atoms with Crippen molar-refractivity contribution in [2.45, 2.75) is 39.7 Å². The highest BCUT2D eigenvalue weighted by Gasteiger charge is 2.26. The molecule has 17 heavy (non-hydrogen) atoms. The van der Waals surface area contributed by atoms with Crippen LogP contribution in [-0.4, -0.2) is 30.7 Å². The largest absolute Gasteiger partial charge is 0.393 e. The maximum atomic E-state index is 12.1. The third-order valence-electron chi connectivity index (χ3n) is 2.61. The first-order valence-corrected chi connectivity index (χ1v) is 6.43. The number of methoxy groups -OCH3 is 1. The van der Waals surface area contributed by atoms with Crippen LogP contribution < -0.4 is 11.1 Å². The lowest BCUT2D eigenvalue weighted by Crippen LogP contribution is -2.46. The lowest BCUT2D eigenvalue weighted by atomic mass is 9.94. The van der Waals surface area contributed by atoms with Gasteiger partial charge in [0.2, 0.25) is 5.91 Å². The van der Waals surface area contributed by atoms with Gasteiger partial charge in [-0.25, -0.2) is 0 Å². The van der Waals surface area contributed by atoms with Gasteiger partial charge in [0.25, 0.3) is 0 Å². The summed E-state index contributed by atoms with van der Waals surface area (Å²) < 4.78 is 5.08. The van der Waals surface area contributed by atoms with Crippen molar-refractivity contribution in [2.75, 3.05) is 13.7 Å². The van der Waals surface area contributed by atoms with Crippen LogP contribution in [0.3, 0.4) is 0 Å². The van der Waals surface area contributed by atoms with Gasteiger partial charge in [-0.2, -0.15) is 0 Å². The van der Waals surface area contributed by atoms with E-state index in [1.807, 2.05) is 13.8 Å². The van der Waals surface area contributed by atoms with Crippen LogP contribution in [0, 0.1) is 11.8 Å². The summed E-state index contributed by atoms with van der Waals surface area (Å²) in [5, 5.41) is 2.95. The highest BCUT2D eigenvalue weighted by atomic mass is 32.1. The van der Waals surface area contributed by atoms with Crippen LogP contribution >= 0.6 is 12.2 Å². The first-order chi connectivity index (χ1) is 7.93. The average molecular weight is 260 g/mol. The molecule has 0 fully saturated rings. The van der Waals surface area contributed by atoms with E-state index in [9.17, 15) is 4.79 Å². The summed E-state index contributed by atoms with van der Waals surface area (Å²) in [7, 11) is 1.63. The summed E-state index contributed by atoms with van der Waals surface area (Å²) in [6.07, 6.45) is 1.88. The van der Waals surface area contributed by atoms with E-state index in [-0.39, 0.29) is 22.9 Å². The number of nitrogens with two attached hydrogens (primary N) is 1. The van der Waals surface area contributed by atoms with E-state index in [0.29, 0.717) is 6.61 Å². The van der Waals surface area contributed by atoms with Gasteiger partial charge in [0, 0.05) is 7.11 Å². The molecule has 0 spiro atoms. The zero-order valence-corrected chi connectivity index (χ0v) is 12.0. The molecule has 5 heteroatoms. The van der Waals surface area contributed by atoms with Crippen molar-refractivity contribution >= 4 is 23.1 Å². The fraction of sp³-hybridized carbons (Fsp3) is 0.833. The minimum absolute atomic E-state index is 0.0353. The number of carbonyl (C=O) groups excluding carboxylic acids is 1. The molecule has 3 N–H and O–H groups in total. The summed E-state index contributed by atoms with van der Waals surface area (Å²) >= 11 is 4.94. The van der Waals surface area contributed by atoms with Crippen molar-refractivity contribution in [3.63, 3.8) is 0 Å². The molecule has 0 saturated heterocycles. The summed E-state index contributed by atoms with van der Waals surface area (Å²) in [5.74, 6) is -0.387. The van der Waals surface area contributed by atoms with Crippen molar-refractivity contribution in [2.24, 2.45) is 17.6 Å². The van der Waals surface area contributed by atoms with Gasteiger partial charge in [-0.3, -0.25) is 4.79 Å². The van der Waals surface area contributed by atoms with Crippen molar-refractivity contribution in [1.29, 1.82) is 0 Å². The van der Waals surface area contributed by atoms with Crippen LogP contribution in [0.4, 0.5) is 0 Å². The molecular formula is C12H24N2O2S. The molecule has 0 aliphatic carbocycles. The van der Waals surface area contributed by atoms with Gasteiger partial charge in [-0.15, -0.1) is 0 Å². The second-order valence-corrected chi connectivity index (χ2v) is 5.04. The number of rotatable bonds is 8. The van der Waals surface area contributed by atoms with Crippen LogP contribution in [0.5, 0.6) is 0 Å². The minimum Gasteiger partial charge on any atom is -0.393 e. The first kappa shape index (κ1) is 16.3. The fourth-order valence-electron chi connectivity index (χ4n) is 1.80. The molecule has 4 nitrogen and oxygen atoms in total. The Hall–Kier alpha value is -0.680. The Morgan fingerprint density at radius 2 is 2.06 bits per heavy atom.